The zero-order chi connectivity index (χ0) is 29.7. The van der Waals surface area contributed by atoms with E-state index in [0.717, 1.165) is 33.6 Å². The summed E-state index contributed by atoms with van der Waals surface area (Å²) in [6, 6.07) is 47.4. The quantitative estimate of drug-likeness (QED) is 0.210. The van der Waals surface area contributed by atoms with E-state index >= 15 is 0 Å². The highest BCUT2D eigenvalue weighted by Crippen LogP contribution is 2.40. The van der Waals surface area contributed by atoms with Gasteiger partial charge in [-0.2, -0.15) is 0 Å². The molecule has 0 atom stereocenters. The fourth-order valence-electron chi connectivity index (χ4n) is 6.61. The molecular weight excluding hydrogens is 548 g/mol. The molecule has 4 nitrogen and oxygen atoms in total. The Hall–Kier alpha value is -6.13. The number of fused-ring (bicyclic) bond motifs is 6. The molecule has 9 rings (SSSR count). The maximum atomic E-state index is 4.82. The number of aromatic nitrogens is 4. The molecule has 0 fully saturated rings. The molecule has 0 spiro atoms. The minimum atomic E-state index is 0.922. The van der Waals surface area contributed by atoms with E-state index in [1.165, 1.54) is 49.0 Å². The van der Waals surface area contributed by atoms with E-state index < -0.39 is 0 Å². The Morgan fingerprint density at radius 1 is 0.422 bits per heavy atom. The van der Waals surface area contributed by atoms with Crippen molar-refractivity contribution in [3.05, 3.63) is 158 Å². The second kappa shape index (κ2) is 10.2. The van der Waals surface area contributed by atoms with Gasteiger partial charge in [0, 0.05) is 63.0 Å². The molecule has 0 saturated carbocycles. The Kier molecular flexibility index (Phi) is 5.78. The van der Waals surface area contributed by atoms with Gasteiger partial charge in [-0.3, -0.25) is 15.0 Å². The molecule has 210 valence electrons. The predicted octanol–water partition coefficient (Wildman–Crippen LogP) is 10.3. The van der Waals surface area contributed by atoms with Gasteiger partial charge in [-0.1, -0.05) is 84.9 Å². The van der Waals surface area contributed by atoms with Crippen LogP contribution in [0.25, 0.3) is 82.7 Å². The Balaban J connectivity index is 1.28. The highest BCUT2D eigenvalue weighted by Gasteiger charge is 2.18. The Morgan fingerprint density at radius 2 is 1.24 bits per heavy atom. The summed E-state index contributed by atoms with van der Waals surface area (Å²) in [6.45, 7) is 0. The van der Waals surface area contributed by atoms with Gasteiger partial charge in [0.2, 0.25) is 0 Å². The fourth-order valence-corrected chi connectivity index (χ4v) is 6.61. The van der Waals surface area contributed by atoms with Crippen LogP contribution in [0.2, 0.25) is 0 Å². The fraction of sp³-hybridized carbons (Fsp3) is 0. The van der Waals surface area contributed by atoms with Gasteiger partial charge >= 0.3 is 0 Å². The summed E-state index contributed by atoms with van der Waals surface area (Å²) in [5, 5.41) is 7.27. The van der Waals surface area contributed by atoms with E-state index in [-0.39, 0.29) is 0 Å². The zero-order valence-corrected chi connectivity index (χ0v) is 24.3. The van der Waals surface area contributed by atoms with E-state index in [0.29, 0.717) is 0 Å². The van der Waals surface area contributed by atoms with Crippen molar-refractivity contribution in [2.75, 3.05) is 0 Å². The molecular formula is C41H26N4. The van der Waals surface area contributed by atoms with E-state index in [9.17, 15) is 0 Å². The lowest BCUT2D eigenvalue weighted by Gasteiger charge is -2.14. The average Bonchev–Trinajstić information content (AvgIpc) is 3.46. The predicted molar refractivity (Wildman–Crippen MR) is 185 cm³/mol. The third-order valence-corrected chi connectivity index (χ3v) is 8.77. The number of nitrogens with zero attached hydrogens (tertiary/aromatic N) is 4. The highest BCUT2D eigenvalue weighted by molar-refractivity contribution is 6.20. The van der Waals surface area contributed by atoms with Gasteiger partial charge < -0.3 is 4.57 Å². The summed E-state index contributed by atoms with van der Waals surface area (Å²) in [7, 11) is 0. The first-order valence-electron chi connectivity index (χ1n) is 15.1. The van der Waals surface area contributed by atoms with Crippen molar-refractivity contribution in [2.45, 2.75) is 0 Å². The van der Waals surface area contributed by atoms with Crippen LogP contribution in [-0.2, 0) is 0 Å². The van der Waals surface area contributed by atoms with E-state index in [2.05, 4.69) is 124 Å². The van der Waals surface area contributed by atoms with E-state index in [1.54, 1.807) is 0 Å². The van der Waals surface area contributed by atoms with Crippen molar-refractivity contribution in [2.24, 2.45) is 0 Å². The third kappa shape index (κ3) is 4.19. The van der Waals surface area contributed by atoms with Gasteiger partial charge in [0.1, 0.15) is 0 Å². The van der Waals surface area contributed by atoms with Crippen molar-refractivity contribution in [3.63, 3.8) is 0 Å². The molecule has 0 N–H and O–H groups in total. The molecule has 0 saturated heterocycles. The first kappa shape index (κ1) is 25.4. The lowest BCUT2D eigenvalue weighted by atomic mass is 10.0. The van der Waals surface area contributed by atoms with Crippen LogP contribution in [0, 0.1) is 0 Å². The molecule has 0 aliphatic heterocycles. The second-order valence-corrected chi connectivity index (χ2v) is 11.4. The maximum Gasteiger partial charge on any atom is 0.0717 e. The molecule has 0 aliphatic rings. The number of hydrogen-bond acceptors (Lipinski definition) is 3. The van der Waals surface area contributed by atoms with Crippen molar-refractivity contribution < 1.29 is 0 Å². The topological polar surface area (TPSA) is 43.6 Å². The minimum Gasteiger partial charge on any atom is -0.308 e. The molecule has 9 aromatic rings. The van der Waals surface area contributed by atoms with Crippen molar-refractivity contribution >= 4 is 43.4 Å². The molecule has 0 unspecified atom stereocenters. The molecule has 0 bridgehead atoms. The van der Waals surface area contributed by atoms with Crippen LogP contribution in [0.15, 0.2) is 158 Å². The number of pyridine rings is 3. The summed E-state index contributed by atoms with van der Waals surface area (Å²) in [6.07, 6.45) is 7.47. The van der Waals surface area contributed by atoms with Crippen LogP contribution in [0.1, 0.15) is 0 Å². The summed E-state index contributed by atoms with van der Waals surface area (Å²) in [4.78, 5) is 13.7. The lowest BCUT2D eigenvalue weighted by molar-refractivity contribution is 1.20. The molecule has 4 aromatic heterocycles. The maximum absolute atomic E-state index is 4.82. The third-order valence-electron chi connectivity index (χ3n) is 8.77. The van der Waals surface area contributed by atoms with Gasteiger partial charge in [0.15, 0.2) is 0 Å². The van der Waals surface area contributed by atoms with Crippen molar-refractivity contribution in [3.8, 4) is 39.3 Å². The van der Waals surface area contributed by atoms with Crippen LogP contribution in [0.5, 0.6) is 0 Å². The van der Waals surface area contributed by atoms with Gasteiger partial charge in [0.05, 0.1) is 28.1 Å². The van der Waals surface area contributed by atoms with Crippen LogP contribution >= 0.6 is 0 Å². The summed E-state index contributed by atoms with van der Waals surface area (Å²) >= 11 is 0. The molecule has 0 aliphatic carbocycles. The summed E-state index contributed by atoms with van der Waals surface area (Å²) in [5.74, 6) is 0. The smallest absolute Gasteiger partial charge is 0.0717 e. The molecule has 4 heteroatoms. The number of benzene rings is 5. The van der Waals surface area contributed by atoms with Crippen LogP contribution in [0.3, 0.4) is 0 Å². The normalized spacial score (nSPS) is 11.6. The molecule has 4 heterocycles. The summed E-state index contributed by atoms with van der Waals surface area (Å²) in [5.41, 5.74) is 9.74. The minimum absolute atomic E-state index is 0.922. The Morgan fingerprint density at radius 3 is 2.11 bits per heavy atom. The Bertz CT molecular complexity index is 2510. The van der Waals surface area contributed by atoms with Gasteiger partial charge in [-0.25, -0.2) is 0 Å². The van der Waals surface area contributed by atoms with Crippen molar-refractivity contribution in [1.29, 1.82) is 0 Å². The first-order chi connectivity index (χ1) is 22.3. The van der Waals surface area contributed by atoms with E-state index in [1.807, 2.05) is 49.1 Å². The molecule has 5 aromatic carbocycles. The van der Waals surface area contributed by atoms with Gasteiger partial charge in [-0.15, -0.1) is 0 Å². The number of hydrogen-bond donors (Lipinski definition) is 0. The largest absolute Gasteiger partial charge is 0.308 e. The highest BCUT2D eigenvalue weighted by atomic mass is 15.0. The molecule has 0 amide bonds. The lowest BCUT2D eigenvalue weighted by Crippen LogP contribution is -1.96. The standard InChI is InChI=1S/C41H26N4/c1-2-10-33-27(7-1)8-5-12-39(33)45-40-24-28(31-9-6-21-42-25-31)13-18-35(40)36-19-14-29-23-30(15-17-34(29)41(36)45)38-20-16-32(26-44-38)37-11-3-4-22-43-37/h1-26H. The van der Waals surface area contributed by atoms with Gasteiger partial charge in [0.25, 0.3) is 0 Å². The molecule has 45 heavy (non-hydrogen) atoms. The van der Waals surface area contributed by atoms with Gasteiger partial charge in [-0.05, 0) is 64.9 Å². The van der Waals surface area contributed by atoms with Crippen LogP contribution < -0.4 is 0 Å². The number of rotatable bonds is 4. The second-order valence-electron chi connectivity index (χ2n) is 11.4. The first-order valence-corrected chi connectivity index (χ1v) is 15.1. The molecule has 0 radical (unpaired) electrons. The monoisotopic (exact) mass is 574 g/mol. The zero-order valence-electron chi connectivity index (χ0n) is 24.3. The average molecular weight is 575 g/mol. The van der Waals surface area contributed by atoms with Crippen LogP contribution in [0.4, 0.5) is 0 Å². The Labute approximate surface area is 259 Å². The van der Waals surface area contributed by atoms with Crippen molar-refractivity contribution in [1.82, 2.24) is 19.5 Å². The van der Waals surface area contributed by atoms with E-state index in [4.69, 9.17) is 4.98 Å². The SMILES string of the molecule is c1ccc(-c2ccc(-c3ccc4c(ccc5c6ccc(-c7cccnc7)cc6n(-c6cccc7ccccc67)c45)c3)nc2)nc1. The van der Waals surface area contributed by atoms with Crippen LogP contribution in [-0.4, -0.2) is 19.5 Å². The summed E-state index contributed by atoms with van der Waals surface area (Å²) < 4.78 is 2.45.